The third-order valence-corrected chi connectivity index (χ3v) is 3.45. The maximum Gasteiger partial charge on any atom is 0.123 e. The van der Waals surface area contributed by atoms with Crippen LogP contribution < -0.4 is 0 Å². The molecule has 0 N–H and O–H groups in total. The van der Waals surface area contributed by atoms with Crippen LogP contribution in [0.5, 0.6) is 0 Å². The van der Waals surface area contributed by atoms with Gasteiger partial charge >= 0.3 is 0 Å². The summed E-state index contributed by atoms with van der Waals surface area (Å²) in [4.78, 5) is 0. The molecule has 2 aromatic rings. The number of halogens is 2. The van der Waals surface area contributed by atoms with Crippen LogP contribution in [0.4, 0.5) is 4.39 Å². The Morgan fingerprint density at radius 1 is 1.06 bits per heavy atom. The van der Waals surface area contributed by atoms with E-state index in [4.69, 9.17) is 4.74 Å². The maximum absolute atomic E-state index is 13.2. The minimum Gasteiger partial charge on any atom is -0.368 e. The summed E-state index contributed by atoms with van der Waals surface area (Å²) < 4.78 is 19.8. The smallest absolute Gasteiger partial charge is 0.123 e. The molecule has 2 rings (SSSR count). The number of ether oxygens (including phenoxy) is 1. The first-order chi connectivity index (χ1) is 8.79. The van der Waals surface area contributed by atoms with Gasteiger partial charge in [-0.15, -0.1) is 0 Å². The SMILES string of the molecule is Fc1cccc(C(CI)OCc2ccccc2)c1. The van der Waals surface area contributed by atoms with Crippen molar-refractivity contribution in [1.29, 1.82) is 0 Å². The Labute approximate surface area is 120 Å². The third-order valence-electron chi connectivity index (χ3n) is 2.65. The molecule has 0 fully saturated rings. The van der Waals surface area contributed by atoms with Crippen molar-refractivity contribution in [2.24, 2.45) is 0 Å². The van der Waals surface area contributed by atoms with Crippen LogP contribution >= 0.6 is 22.6 Å². The number of hydrogen-bond donors (Lipinski definition) is 0. The standard InChI is InChI=1S/C15H14FIO/c16-14-8-4-7-13(9-14)15(10-17)18-11-12-5-2-1-3-6-12/h1-9,15H,10-11H2. The molecule has 0 spiro atoms. The maximum atomic E-state index is 13.2. The minimum atomic E-state index is -0.217. The van der Waals surface area contributed by atoms with E-state index in [0.717, 1.165) is 15.6 Å². The molecule has 0 aliphatic rings. The van der Waals surface area contributed by atoms with Crippen LogP contribution in [0.15, 0.2) is 54.6 Å². The molecule has 1 unspecified atom stereocenters. The summed E-state index contributed by atoms with van der Waals surface area (Å²) >= 11 is 2.26. The summed E-state index contributed by atoms with van der Waals surface area (Å²) in [6.07, 6.45) is -0.0680. The molecule has 94 valence electrons. The molecule has 0 aliphatic carbocycles. The lowest BCUT2D eigenvalue weighted by Gasteiger charge is -2.16. The molecule has 0 aliphatic heterocycles. The highest BCUT2D eigenvalue weighted by Crippen LogP contribution is 2.22. The van der Waals surface area contributed by atoms with Crippen molar-refractivity contribution in [1.82, 2.24) is 0 Å². The predicted octanol–water partition coefficient (Wildman–Crippen LogP) is 4.52. The Balaban J connectivity index is 2.02. The van der Waals surface area contributed by atoms with E-state index < -0.39 is 0 Å². The molecule has 0 heterocycles. The molecule has 0 radical (unpaired) electrons. The zero-order valence-electron chi connectivity index (χ0n) is 9.85. The first kappa shape index (κ1) is 13.5. The topological polar surface area (TPSA) is 9.23 Å². The van der Waals surface area contributed by atoms with E-state index in [1.54, 1.807) is 6.07 Å². The summed E-state index contributed by atoms with van der Waals surface area (Å²) in [5.74, 6) is -0.217. The first-order valence-electron chi connectivity index (χ1n) is 5.76. The second-order valence-electron chi connectivity index (χ2n) is 3.99. The van der Waals surface area contributed by atoms with Crippen molar-refractivity contribution in [2.75, 3.05) is 4.43 Å². The normalized spacial score (nSPS) is 12.3. The lowest BCUT2D eigenvalue weighted by molar-refractivity contribution is 0.0575. The summed E-state index contributed by atoms with van der Waals surface area (Å²) in [7, 11) is 0. The van der Waals surface area contributed by atoms with Crippen molar-refractivity contribution in [2.45, 2.75) is 12.7 Å². The van der Waals surface area contributed by atoms with Gasteiger partial charge in [-0.05, 0) is 23.3 Å². The van der Waals surface area contributed by atoms with Gasteiger partial charge in [0, 0.05) is 4.43 Å². The highest BCUT2D eigenvalue weighted by Gasteiger charge is 2.11. The molecule has 0 saturated carbocycles. The van der Waals surface area contributed by atoms with Crippen molar-refractivity contribution in [3.63, 3.8) is 0 Å². The lowest BCUT2D eigenvalue weighted by atomic mass is 10.1. The molecule has 18 heavy (non-hydrogen) atoms. The Hall–Kier alpha value is -0.940. The Kier molecular flexibility index (Phi) is 5.13. The van der Waals surface area contributed by atoms with Crippen LogP contribution in [0.3, 0.4) is 0 Å². The second kappa shape index (κ2) is 6.85. The summed E-state index contributed by atoms with van der Waals surface area (Å²) in [6.45, 7) is 0.547. The number of benzene rings is 2. The zero-order valence-corrected chi connectivity index (χ0v) is 12.0. The molecule has 0 bridgehead atoms. The zero-order chi connectivity index (χ0) is 12.8. The molecular formula is C15H14FIO. The van der Waals surface area contributed by atoms with Crippen LogP contribution in [-0.4, -0.2) is 4.43 Å². The van der Waals surface area contributed by atoms with Crippen molar-refractivity contribution in [3.05, 3.63) is 71.5 Å². The highest BCUT2D eigenvalue weighted by molar-refractivity contribution is 14.1. The quantitative estimate of drug-likeness (QED) is 0.566. The van der Waals surface area contributed by atoms with E-state index in [1.807, 2.05) is 36.4 Å². The van der Waals surface area contributed by atoms with E-state index >= 15 is 0 Å². The third kappa shape index (κ3) is 3.78. The van der Waals surface area contributed by atoms with Crippen LogP contribution in [0, 0.1) is 5.82 Å². The van der Waals surface area contributed by atoms with Crippen LogP contribution in [0.2, 0.25) is 0 Å². The molecular weight excluding hydrogens is 342 g/mol. The largest absolute Gasteiger partial charge is 0.368 e. The molecule has 0 aromatic heterocycles. The minimum absolute atomic E-state index is 0.0680. The number of hydrogen-bond acceptors (Lipinski definition) is 1. The molecule has 2 aromatic carbocycles. The molecule has 1 atom stereocenters. The van der Waals surface area contributed by atoms with E-state index in [2.05, 4.69) is 22.6 Å². The van der Waals surface area contributed by atoms with Crippen molar-refractivity contribution >= 4 is 22.6 Å². The summed E-state index contributed by atoms with van der Waals surface area (Å²) in [5.41, 5.74) is 2.02. The van der Waals surface area contributed by atoms with Gasteiger partial charge in [0.05, 0.1) is 12.7 Å². The fraction of sp³-hybridized carbons (Fsp3) is 0.200. The van der Waals surface area contributed by atoms with Gasteiger partial charge in [0.25, 0.3) is 0 Å². The van der Waals surface area contributed by atoms with Gasteiger partial charge in [0.1, 0.15) is 5.82 Å². The average Bonchev–Trinajstić information content (AvgIpc) is 2.41. The van der Waals surface area contributed by atoms with Gasteiger partial charge in [0.2, 0.25) is 0 Å². The summed E-state index contributed by atoms with van der Waals surface area (Å²) in [5, 5.41) is 0. The summed E-state index contributed by atoms with van der Waals surface area (Å²) in [6, 6.07) is 16.6. The van der Waals surface area contributed by atoms with Crippen LogP contribution in [0.1, 0.15) is 17.2 Å². The van der Waals surface area contributed by atoms with Crippen molar-refractivity contribution < 1.29 is 9.13 Å². The van der Waals surface area contributed by atoms with Crippen molar-refractivity contribution in [3.8, 4) is 0 Å². The monoisotopic (exact) mass is 356 g/mol. The van der Waals surface area contributed by atoms with Gasteiger partial charge in [-0.3, -0.25) is 0 Å². The Bertz CT molecular complexity index is 487. The number of rotatable bonds is 5. The van der Waals surface area contributed by atoms with E-state index in [0.29, 0.717) is 6.61 Å². The van der Waals surface area contributed by atoms with Gasteiger partial charge in [-0.1, -0.05) is 65.1 Å². The second-order valence-corrected chi connectivity index (χ2v) is 4.88. The van der Waals surface area contributed by atoms with Crippen LogP contribution in [-0.2, 0) is 11.3 Å². The molecule has 0 amide bonds. The van der Waals surface area contributed by atoms with Gasteiger partial charge in [0.15, 0.2) is 0 Å². The predicted molar refractivity (Wildman–Crippen MR) is 79.3 cm³/mol. The first-order valence-corrected chi connectivity index (χ1v) is 7.29. The Morgan fingerprint density at radius 2 is 1.83 bits per heavy atom. The number of alkyl halides is 1. The van der Waals surface area contributed by atoms with E-state index in [9.17, 15) is 4.39 Å². The lowest BCUT2D eigenvalue weighted by Crippen LogP contribution is -2.06. The Morgan fingerprint density at radius 3 is 2.50 bits per heavy atom. The van der Waals surface area contributed by atoms with Gasteiger partial charge < -0.3 is 4.74 Å². The fourth-order valence-corrected chi connectivity index (χ4v) is 2.47. The highest BCUT2D eigenvalue weighted by atomic mass is 127. The van der Waals surface area contributed by atoms with E-state index in [-0.39, 0.29) is 11.9 Å². The molecule has 0 saturated heterocycles. The van der Waals surface area contributed by atoms with E-state index in [1.165, 1.54) is 12.1 Å². The van der Waals surface area contributed by atoms with Gasteiger partial charge in [-0.25, -0.2) is 4.39 Å². The fourth-order valence-electron chi connectivity index (χ4n) is 1.71. The van der Waals surface area contributed by atoms with Crippen LogP contribution in [0.25, 0.3) is 0 Å². The average molecular weight is 356 g/mol. The van der Waals surface area contributed by atoms with Gasteiger partial charge in [-0.2, -0.15) is 0 Å². The molecule has 3 heteroatoms. The molecule has 1 nitrogen and oxygen atoms in total.